The van der Waals surface area contributed by atoms with Crippen molar-refractivity contribution in [2.75, 3.05) is 6.54 Å². The zero-order chi connectivity index (χ0) is 25.2. The Hall–Kier alpha value is -3.47. The molecule has 3 aromatic carbocycles. The highest BCUT2D eigenvalue weighted by atomic mass is 19.1. The fourth-order valence-electron chi connectivity index (χ4n) is 4.22. The number of hydrogen-bond acceptors (Lipinski definition) is 2. The van der Waals surface area contributed by atoms with E-state index in [9.17, 15) is 14.0 Å². The van der Waals surface area contributed by atoms with Crippen LogP contribution in [0, 0.1) is 11.7 Å². The van der Waals surface area contributed by atoms with E-state index in [0.29, 0.717) is 18.9 Å². The third-order valence-corrected chi connectivity index (χ3v) is 6.12. The molecule has 3 rings (SSSR count). The van der Waals surface area contributed by atoms with Crippen molar-refractivity contribution in [2.45, 2.75) is 52.1 Å². The first kappa shape index (κ1) is 26.1. The molecular weight excluding hydrogens is 439 g/mol. The molecule has 184 valence electrons. The van der Waals surface area contributed by atoms with Gasteiger partial charge >= 0.3 is 0 Å². The molecule has 0 bridgehead atoms. The Kier molecular flexibility index (Phi) is 9.59. The molecule has 2 amide bonds. The summed E-state index contributed by atoms with van der Waals surface area (Å²) in [6.45, 7) is 6.77. The highest BCUT2D eigenvalue weighted by Crippen LogP contribution is 2.29. The molecule has 0 aliphatic heterocycles. The molecule has 0 aromatic heterocycles. The zero-order valence-corrected chi connectivity index (χ0v) is 20.8. The molecule has 0 aliphatic carbocycles. The quantitative estimate of drug-likeness (QED) is 0.375. The van der Waals surface area contributed by atoms with Gasteiger partial charge in [0.2, 0.25) is 11.8 Å². The van der Waals surface area contributed by atoms with Crippen LogP contribution in [0.4, 0.5) is 4.39 Å². The lowest BCUT2D eigenvalue weighted by atomic mass is 9.88. The lowest BCUT2D eigenvalue weighted by Gasteiger charge is -2.32. The molecule has 3 aromatic rings. The van der Waals surface area contributed by atoms with Crippen LogP contribution in [0.3, 0.4) is 0 Å². The molecule has 4 nitrogen and oxygen atoms in total. The van der Waals surface area contributed by atoms with Crippen LogP contribution in [0.15, 0.2) is 84.9 Å². The smallest absolute Gasteiger partial charge is 0.242 e. The van der Waals surface area contributed by atoms with Gasteiger partial charge in [-0.15, -0.1) is 0 Å². The van der Waals surface area contributed by atoms with Crippen molar-refractivity contribution in [3.8, 4) is 0 Å². The molecule has 0 fully saturated rings. The van der Waals surface area contributed by atoms with Gasteiger partial charge in [-0.3, -0.25) is 9.59 Å². The van der Waals surface area contributed by atoms with E-state index in [1.807, 2.05) is 81.4 Å². The normalized spacial score (nSPS) is 11.9. The molecule has 35 heavy (non-hydrogen) atoms. The fraction of sp³-hybridized carbons (Fsp3) is 0.333. The van der Waals surface area contributed by atoms with E-state index in [0.717, 1.165) is 16.7 Å². The van der Waals surface area contributed by atoms with Gasteiger partial charge in [0.15, 0.2) is 0 Å². The van der Waals surface area contributed by atoms with Crippen LogP contribution in [0.5, 0.6) is 0 Å². The Bertz CT molecular complexity index is 1030. The number of carbonyl (C=O) groups excluding carboxylic acids is 2. The van der Waals surface area contributed by atoms with Gasteiger partial charge in [-0.05, 0) is 41.2 Å². The first-order valence-electron chi connectivity index (χ1n) is 12.3. The van der Waals surface area contributed by atoms with Crippen molar-refractivity contribution in [1.82, 2.24) is 10.2 Å². The van der Waals surface area contributed by atoms with E-state index < -0.39 is 6.04 Å². The van der Waals surface area contributed by atoms with E-state index in [4.69, 9.17) is 0 Å². The number of benzene rings is 3. The Morgan fingerprint density at radius 1 is 0.857 bits per heavy atom. The standard InChI is InChI=1S/C30H35FN2O2/c1-4-28(30(35)32-20-22(2)3)33(21-23-15-17-26(31)18-16-23)29(34)19-27(24-11-7-5-8-12-24)25-13-9-6-10-14-25/h5-18,22,27-28H,4,19-21H2,1-3H3,(H,32,35)/t28-/m1/s1. The van der Waals surface area contributed by atoms with E-state index in [1.54, 1.807) is 17.0 Å². The largest absolute Gasteiger partial charge is 0.354 e. The summed E-state index contributed by atoms with van der Waals surface area (Å²) >= 11 is 0. The van der Waals surface area contributed by atoms with Crippen molar-refractivity contribution >= 4 is 11.8 Å². The minimum absolute atomic E-state index is 0.112. The monoisotopic (exact) mass is 474 g/mol. The van der Waals surface area contributed by atoms with Gasteiger partial charge in [0.1, 0.15) is 11.9 Å². The highest BCUT2D eigenvalue weighted by molar-refractivity contribution is 5.88. The summed E-state index contributed by atoms with van der Waals surface area (Å²) in [5, 5.41) is 2.99. The topological polar surface area (TPSA) is 49.4 Å². The summed E-state index contributed by atoms with van der Waals surface area (Å²) in [5.74, 6) is -0.442. The first-order chi connectivity index (χ1) is 16.9. The van der Waals surface area contributed by atoms with Crippen molar-refractivity contribution in [1.29, 1.82) is 0 Å². The Morgan fingerprint density at radius 3 is 1.89 bits per heavy atom. The van der Waals surface area contributed by atoms with Gasteiger partial charge in [-0.25, -0.2) is 4.39 Å². The van der Waals surface area contributed by atoms with Crippen LogP contribution >= 0.6 is 0 Å². The second kappa shape index (κ2) is 12.8. The van der Waals surface area contributed by atoms with Gasteiger partial charge < -0.3 is 10.2 Å². The third-order valence-electron chi connectivity index (χ3n) is 6.12. The minimum Gasteiger partial charge on any atom is -0.354 e. The van der Waals surface area contributed by atoms with E-state index in [1.165, 1.54) is 12.1 Å². The van der Waals surface area contributed by atoms with Gasteiger partial charge in [-0.1, -0.05) is 93.6 Å². The molecule has 0 aliphatic rings. The number of halogens is 1. The molecule has 5 heteroatoms. The molecule has 0 unspecified atom stereocenters. The predicted molar refractivity (Wildman–Crippen MR) is 138 cm³/mol. The van der Waals surface area contributed by atoms with E-state index in [2.05, 4.69) is 5.32 Å². The van der Waals surface area contributed by atoms with Crippen LogP contribution < -0.4 is 5.32 Å². The second-order valence-corrected chi connectivity index (χ2v) is 9.29. The average Bonchev–Trinajstić information content (AvgIpc) is 2.88. The summed E-state index contributed by atoms with van der Waals surface area (Å²) in [6, 6.07) is 25.4. The van der Waals surface area contributed by atoms with Crippen molar-refractivity contribution < 1.29 is 14.0 Å². The van der Waals surface area contributed by atoms with E-state index >= 15 is 0 Å². The minimum atomic E-state index is -0.613. The Morgan fingerprint density at radius 2 is 1.40 bits per heavy atom. The van der Waals surface area contributed by atoms with Gasteiger partial charge in [0.05, 0.1) is 0 Å². The maximum atomic E-state index is 13.9. The van der Waals surface area contributed by atoms with Crippen LogP contribution in [-0.4, -0.2) is 29.3 Å². The van der Waals surface area contributed by atoms with Crippen molar-refractivity contribution in [2.24, 2.45) is 5.92 Å². The average molecular weight is 475 g/mol. The lowest BCUT2D eigenvalue weighted by molar-refractivity contribution is -0.141. The fourth-order valence-corrected chi connectivity index (χ4v) is 4.22. The number of nitrogens with zero attached hydrogens (tertiary/aromatic N) is 1. The first-order valence-corrected chi connectivity index (χ1v) is 12.3. The number of hydrogen-bond donors (Lipinski definition) is 1. The molecule has 0 heterocycles. The van der Waals surface area contributed by atoms with Gasteiger partial charge in [0, 0.05) is 25.4 Å². The molecular formula is C30H35FN2O2. The summed E-state index contributed by atoms with van der Waals surface area (Å²) in [4.78, 5) is 28.7. The summed E-state index contributed by atoms with van der Waals surface area (Å²) in [7, 11) is 0. The molecule has 1 atom stereocenters. The van der Waals surface area contributed by atoms with Crippen LogP contribution in [-0.2, 0) is 16.1 Å². The maximum Gasteiger partial charge on any atom is 0.242 e. The number of amides is 2. The third kappa shape index (κ3) is 7.51. The molecule has 0 saturated carbocycles. The SMILES string of the molecule is CC[C@H](C(=O)NCC(C)C)N(Cc1ccc(F)cc1)C(=O)CC(c1ccccc1)c1ccccc1. The van der Waals surface area contributed by atoms with Crippen LogP contribution in [0.25, 0.3) is 0 Å². The number of nitrogens with one attached hydrogen (secondary N) is 1. The summed E-state index contributed by atoms with van der Waals surface area (Å²) in [5.41, 5.74) is 2.88. The van der Waals surface area contributed by atoms with E-state index in [-0.39, 0.29) is 36.5 Å². The number of rotatable bonds is 11. The molecule has 0 saturated heterocycles. The maximum absolute atomic E-state index is 13.9. The van der Waals surface area contributed by atoms with Crippen molar-refractivity contribution in [3.63, 3.8) is 0 Å². The second-order valence-electron chi connectivity index (χ2n) is 9.29. The highest BCUT2D eigenvalue weighted by Gasteiger charge is 2.30. The predicted octanol–water partition coefficient (Wildman–Crippen LogP) is 5.93. The lowest BCUT2D eigenvalue weighted by Crippen LogP contribution is -2.49. The molecule has 0 radical (unpaired) electrons. The Labute approximate surface area is 208 Å². The van der Waals surface area contributed by atoms with Crippen molar-refractivity contribution in [3.05, 3.63) is 107 Å². The van der Waals surface area contributed by atoms with Crippen LogP contribution in [0.2, 0.25) is 0 Å². The molecule has 1 N–H and O–H groups in total. The Balaban J connectivity index is 1.92. The number of carbonyl (C=O) groups is 2. The van der Waals surface area contributed by atoms with Crippen LogP contribution in [0.1, 0.15) is 56.2 Å². The summed E-state index contributed by atoms with van der Waals surface area (Å²) < 4.78 is 13.5. The molecule has 0 spiro atoms. The van der Waals surface area contributed by atoms with Gasteiger partial charge in [0.25, 0.3) is 0 Å². The van der Waals surface area contributed by atoms with Gasteiger partial charge in [-0.2, -0.15) is 0 Å². The zero-order valence-electron chi connectivity index (χ0n) is 20.8. The summed E-state index contributed by atoms with van der Waals surface area (Å²) in [6.07, 6.45) is 0.710.